The largest absolute Gasteiger partial charge is 0.300 e. The first kappa shape index (κ1) is 15.7. The molecule has 0 saturated heterocycles. The second-order valence-electron chi connectivity index (χ2n) is 4.84. The second-order valence-corrected chi connectivity index (χ2v) is 7.23. The van der Waals surface area contributed by atoms with Crippen molar-refractivity contribution in [1.29, 1.82) is 0 Å². The Bertz CT molecular complexity index is 775. The molecule has 1 N–H and O–H groups in total. The number of carbonyl (C=O) groups excluding carboxylic acids is 1. The number of nitrogens with one attached hydrogen (secondary N) is 1. The lowest BCUT2D eigenvalue weighted by Gasteiger charge is -2.09. The maximum absolute atomic E-state index is 12.3. The lowest BCUT2D eigenvalue weighted by atomic mass is 10.2. The summed E-state index contributed by atoms with van der Waals surface area (Å²) in [5.74, 6) is -0.0744. The summed E-state index contributed by atoms with van der Waals surface area (Å²) < 4.78 is 0. The molecule has 4 nitrogen and oxygen atoms in total. The van der Waals surface area contributed by atoms with Gasteiger partial charge in [-0.1, -0.05) is 59.9 Å². The van der Waals surface area contributed by atoms with Crippen LogP contribution in [0.4, 0.5) is 5.13 Å². The number of benzene rings is 2. The molecule has 0 aliphatic heterocycles. The topological polar surface area (TPSA) is 54.9 Å². The molecular formula is C17H15N3OS2. The van der Waals surface area contributed by atoms with E-state index < -0.39 is 0 Å². The molecule has 1 unspecified atom stereocenters. The van der Waals surface area contributed by atoms with Crippen molar-refractivity contribution in [2.24, 2.45) is 0 Å². The summed E-state index contributed by atoms with van der Waals surface area (Å²) in [6.45, 7) is 1.88. The third kappa shape index (κ3) is 4.18. The van der Waals surface area contributed by atoms with Crippen LogP contribution in [0.1, 0.15) is 6.92 Å². The zero-order valence-electron chi connectivity index (χ0n) is 12.5. The van der Waals surface area contributed by atoms with Crippen molar-refractivity contribution in [1.82, 2.24) is 10.2 Å². The molecular weight excluding hydrogens is 326 g/mol. The number of thioether (sulfide) groups is 1. The zero-order valence-corrected chi connectivity index (χ0v) is 14.1. The van der Waals surface area contributed by atoms with Gasteiger partial charge < -0.3 is 0 Å². The Morgan fingerprint density at radius 3 is 2.39 bits per heavy atom. The van der Waals surface area contributed by atoms with Crippen molar-refractivity contribution < 1.29 is 4.79 Å². The Hall–Kier alpha value is -2.18. The second kappa shape index (κ2) is 7.39. The van der Waals surface area contributed by atoms with Crippen molar-refractivity contribution in [2.75, 3.05) is 5.32 Å². The van der Waals surface area contributed by atoms with Crippen LogP contribution in [0, 0.1) is 0 Å². The third-order valence-corrected chi connectivity index (χ3v) is 5.10. The smallest absolute Gasteiger partial charge is 0.239 e. The minimum atomic E-state index is -0.207. The Morgan fingerprint density at radius 1 is 1.04 bits per heavy atom. The number of rotatable bonds is 5. The summed E-state index contributed by atoms with van der Waals surface area (Å²) in [4.78, 5) is 13.3. The number of anilines is 1. The van der Waals surface area contributed by atoms with E-state index in [-0.39, 0.29) is 11.2 Å². The normalized spacial score (nSPS) is 11.9. The summed E-state index contributed by atoms with van der Waals surface area (Å²) in [5.41, 5.74) is 0.997. The lowest BCUT2D eigenvalue weighted by molar-refractivity contribution is -0.115. The highest BCUT2D eigenvalue weighted by molar-refractivity contribution is 8.00. The van der Waals surface area contributed by atoms with Gasteiger partial charge in [0.15, 0.2) is 0 Å². The van der Waals surface area contributed by atoms with Gasteiger partial charge in [-0.25, -0.2) is 0 Å². The predicted octanol–water partition coefficient (Wildman–Crippen LogP) is 4.32. The molecule has 2 aromatic carbocycles. The summed E-state index contributed by atoms with van der Waals surface area (Å²) >= 11 is 2.89. The molecule has 0 aliphatic carbocycles. The molecule has 0 bridgehead atoms. The van der Waals surface area contributed by atoms with Crippen LogP contribution in [0.15, 0.2) is 65.6 Å². The molecule has 1 amide bonds. The summed E-state index contributed by atoms with van der Waals surface area (Å²) in [7, 11) is 0. The van der Waals surface area contributed by atoms with Crippen molar-refractivity contribution in [3.8, 4) is 10.6 Å². The van der Waals surface area contributed by atoms with Crippen LogP contribution < -0.4 is 5.32 Å². The molecule has 116 valence electrons. The van der Waals surface area contributed by atoms with Gasteiger partial charge in [-0.05, 0) is 19.1 Å². The third-order valence-electron chi connectivity index (χ3n) is 3.10. The molecule has 6 heteroatoms. The highest BCUT2D eigenvalue weighted by Crippen LogP contribution is 2.27. The van der Waals surface area contributed by atoms with Gasteiger partial charge in [0.2, 0.25) is 11.0 Å². The fourth-order valence-corrected chi connectivity index (χ4v) is 3.58. The van der Waals surface area contributed by atoms with Gasteiger partial charge in [-0.2, -0.15) is 0 Å². The molecule has 23 heavy (non-hydrogen) atoms. The highest BCUT2D eigenvalue weighted by atomic mass is 32.2. The maximum Gasteiger partial charge on any atom is 0.239 e. The van der Waals surface area contributed by atoms with Crippen LogP contribution in [0.5, 0.6) is 0 Å². The van der Waals surface area contributed by atoms with Gasteiger partial charge in [0.25, 0.3) is 0 Å². The van der Waals surface area contributed by atoms with E-state index in [1.54, 1.807) is 0 Å². The molecule has 3 rings (SSSR count). The van der Waals surface area contributed by atoms with Crippen molar-refractivity contribution in [3.63, 3.8) is 0 Å². The molecule has 3 aromatic rings. The average molecular weight is 341 g/mol. The van der Waals surface area contributed by atoms with Crippen molar-refractivity contribution >= 4 is 34.1 Å². The fourth-order valence-electron chi connectivity index (χ4n) is 1.93. The van der Waals surface area contributed by atoms with Gasteiger partial charge in [0, 0.05) is 10.5 Å². The van der Waals surface area contributed by atoms with Gasteiger partial charge in [-0.15, -0.1) is 22.0 Å². The number of aromatic nitrogens is 2. The van der Waals surface area contributed by atoms with Crippen LogP contribution in [0.2, 0.25) is 0 Å². The summed E-state index contributed by atoms with van der Waals surface area (Å²) in [6, 6.07) is 19.7. The predicted molar refractivity (Wildman–Crippen MR) is 95.7 cm³/mol. The molecule has 1 aromatic heterocycles. The Kier molecular flexibility index (Phi) is 5.05. The quantitative estimate of drug-likeness (QED) is 0.702. The highest BCUT2D eigenvalue weighted by Gasteiger charge is 2.16. The summed E-state index contributed by atoms with van der Waals surface area (Å²) in [5, 5.41) is 12.1. The van der Waals surface area contributed by atoms with Crippen LogP contribution in [-0.4, -0.2) is 21.4 Å². The van der Waals surface area contributed by atoms with E-state index in [1.165, 1.54) is 23.1 Å². The van der Waals surface area contributed by atoms with E-state index in [9.17, 15) is 4.79 Å². The first-order valence-electron chi connectivity index (χ1n) is 7.14. The van der Waals surface area contributed by atoms with Gasteiger partial charge in [-0.3, -0.25) is 10.1 Å². The number of nitrogens with zero attached hydrogens (tertiary/aromatic N) is 2. The van der Waals surface area contributed by atoms with Crippen molar-refractivity contribution in [3.05, 3.63) is 60.7 Å². The minimum Gasteiger partial charge on any atom is -0.300 e. The van der Waals surface area contributed by atoms with Crippen molar-refractivity contribution in [2.45, 2.75) is 17.1 Å². The van der Waals surface area contributed by atoms with E-state index >= 15 is 0 Å². The number of carbonyl (C=O) groups is 1. The van der Waals surface area contributed by atoms with Crippen LogP contribution in [0.3, 0.4) is 0 Å². The number of hydrogen-bond acceptors (Lipinski definition) is 5. The Labute approximate surface area is 143 Å². The van der Waals surface area contributed by atoms with Gasteiger partial charge in [0.1, 0.15) is 5.01 Å². The Morgan fingerprint density at radius 2 is 1.70 bits per heavy atom. The monoisotopic (exact) mass is 341 g/mol. The standard InChI is InChI=1S/C17H15N3OS2/c1-12(22-14-10-6-3-7-11-14)15(21)18-17-20-19-16(23-17)13-8-4-2-5-9-13/h2-12H,1H3,(H,18,20,21). The van der Waals surface area contributed by atoms with E-state index in [0.717, 1.165) is 15.5 Å². The van der Waals surface area contributed by atoms with Crippen LogP contribution >= 0.6 is 23.1 Å². The number of hydrogen-bond donors (Lipinski definition) is 1. The SMILES string of the molecule is CC(Sc1ccccc1)C(=O)Nc1nnc(-c2ccccc2)s1. The van der Waals surface area contributed by atoms with E-state index in [4.69, 9.17) is 0 Å². The van der Waals surface area contributed by atoms with Crippen LogP contribution in [-0.2, 0) is 4.79 Å². The molecule has 1 atom stereocenters. The molecule has 0 radical (unpaired) electrons. The Balaban J connectivity index is 1.63. The van der Waals surface area contributed by atoms with Gasteiger partial charge in [0.05, 0.1) is 5.25 Å². The fraction of sp³-hybridized carbons (Fsp3) is 0.118. The first-order valence-corrected chi connectivity index (χ1v) is 8.83. The molecule has 0 aliphatic rings. The number of amides is 1. The van der Waals surface area contributed by atoms with E-state index in [1.807, 2.05) is 67.6 Å². The minimum absolute atomic E-state index is 0.0744. The average Bonchev–Trinajstić information content (AvgIpc) is 3.05. The lowest BCUT2D eigenvalue weighted by Crippen LogP contribution is -2.22. The summed E-state index contributed by atoms with van der Waals surface area (Å²) in [6.07, 6.45) is 0. The van der Waals surface area contributed by atoms with Gasteiger partial charge >= 0.3 is 0 Å². The zero-order chi connectivity index (χ0) is 16.1. The van der Waals surface area contributed by atoms with E-state index in [2.05, 4.69) is 15.5 Å². The van der Waals surface area contributed by atoms with E-state index in [0.29, 0.717) is 5.13 Å². The first-order chi connectivity index (χ1) is 11.2. The molecule has 1 heterocycles. The van der Waals surface area contributed by atoms with Crippen LogP contribution in [0.25, 0.3) is 10.6 Å². The molecule has 0 fully saturated rings. The maximum atomic E-state index is 12.3. The molecule has 0 spiro atoms. The molecule has 0 saturated carbocycles.